The Hall–Kier alpha value is -0.740. The molecular formula is C15H27N3S. The van der Waals surface area contributed by atoms with Crippen LogP contribution in [0, 0.1) is 0 Å². The first-order valence-corrected chi connectivity index (χ1v) is 8.26. The van der Waals surface area contributed by atoms with Crippen LogP contribution in [0.2, 0.25) is 0 Å². The number of hydrogen-bond donors (Lipinski definition) is 1. The van der Waals surface area contributed by atoms with Crippen LogP contribution in [0.1, 0.15) is 37.9 Å². The lowest BCUT2D eigenvalue weighted by atomic mass is 10.1. The van der Waals surface area contributed by atoms with Crippen molar-refractivity contribution >= 4 is 17.6 Å². The molecule has 0 aromatic carbocycles. The fourth-order valence-corrected chi connectivity index (χ4v) is 2.66. The van der Waals surface area contributed by atoms with E-state index in [-0.39, 0.29) is 0 Å². The number of rotatable bonds is 7. The van der Waals surface area contributed by atoms with Crippen molar-refractivity contribution in [1.29, 1.82) is 0 Å². The number of aromatic nitrogens is 1. The molecule has 1 atom stereocenters. The third-order valence-electron chi connectivity index (χ3n) is 3.29. The molecule has 4 heteroatoms. The van der Waals surface area contributed by atoms with Gasteiger partial charge in [-0.05, 0) is 43.8 Å². The highest BCUT2D eigenvalue weighted by Gasteiger charge is 2.13. The van der Waals surface area contributed by atoms with Crippen molar-refractivity contribution < 1.29 is 0 Å². The topological polar surface area (TPSA) is 28.2 Å². The molecule has 3 nitrogen and oxygen atoms in total. The third kappa shape index (κ3) is 4.69. The summed E-state index contributed by atoms with van der Waals surface area (Å²) >= 11 is 1.88. The summed E-state index contributed by atoms with van der Waals surface area (Å²) in [6, 6.07) is 4.89. The number of nitrogens with zero attached hydrogens (tertiary/aromatic N) is 2. The normalized spacial score (nSPS) is 12.8. The second-order valence-corrected chi connectivity index (χ2v) is 6.27. The van der Waals surface area contributed by atoms with Gasteiger partial charge in [-0.25, -0.2) is 4.98 Å². The molecule has 108 valence electrons. The molecule has 0 aliphatic heterocycles. The molecule has 1 heterocycles. The summed E-state index contributed by atoms with van der Waals surface area (Å²) in [6.07, 6.45) is 2.15. The van der Waals surface area contributed by atoms with Gasteiger partial charge in [0.2, 0.25) is 0 Å². The first-order chi connectivity index (χ1) is 8.99. The van der Waals surface area contributed by atoms with E-state index in [1.54, 1.807) is 0 Å². The third-order valence-corrected chi connectivity index (χ3v) is 4.11. The molecule has 1 rings (SSSR count). The molecule has 0 aliphatic carbocycles. The molecule has 19 heavy (non-hydrogen) atoms. The largest absolute Gasteiger partial charge is 0.356 e. The van der Waals surface area contributed by atoms with Crippen LogP contribution in [0.25, 0.3) is 0 Å². The maximum absolute atomic E-state index is 4.81. The summed E-state index contributed by atoms with van der Waals surface area (Å²) in [6.45, 7) is 7.53. The van der Waals surface area contributed by atoms with Crippen molar-refractivity contribution in [2.75, 3.05) is 31.0 Å². The van der Waals surface area contributed by atoms with Crippen molar-refractivity contribution in [3.05, 3.63) is 23.4 Å². The quantitative estimate of drug-likeness (QED) is 0.831. The van der Waals surface area contributed by atoms with Gasteiger partial charge in [-0.3, -0.25) is 0 Å². The highest BCUT2D eigenvalue weighted by Crippen LogP contribution is 2.21. The van der Waals surface area contributed by atoms with Gasteiger partial charge in [-0.2, -0.15) is 11.8 Å². The van der Waals surface area contributed by atoms with Gasteiger partial charge < -0.3 is 10.2 Å². The van der Waals surface area contributed by atoms with Gasteiger partial charge in [0.25, 0.3) is 0 Å². The lowest BCUT2D eigenvalue weighted by Crippen LogP contribution is -2.32. The Kier molecular flexibility index (Phi) is 6.66. The Morgan fingerprint density at radius 1 is 1.32 bits per heavy atom. The average Bonchev–Trinajstić information content (AvgIpc) is 2.38. The Balaban J connectivity index is 3.04. The van der Waals surface area contributed by atoms with Crippen LogP contribution in [0.3, 0.4) is 0 Å². The molecule has 0 saturated carbocycles. The minimum absolute atomic E-state index is 0.458. The Morgan fingerprint density at radius 2 is 2.00 bits per heavy atom. The van der Waals surface area contributed by atoms with E-state index in [9.17, 15) is 0 Å². The first kappa shape index (κ1) is 16.3. The molecule has 1 N–H and O–H groups in total. The van der Waals surface area contributed by atoms with Crippen molar-refractivity contribution in [2.45, 2.75) is 39.3 Å². The monoisotopic (exact) mass is 281 g/mol. The lowest BCUT2D eigenvalue weighted by Gasteiger charge is -2.26. The van der Waals surface area contributed by atoms with Crippen LogP contribution in [0.4, 0.5) is 5.82 Å². The molecule has 0 radical (unpaired) electrons. The zero-order chi connectivity index (χ0) is 14.4. The minimum atomic E-state index is 0.458. The highest BCUT2D eigenvalue weighted by molar-refractivity contribution is 7.98. The van der Waals surface area contributed by atoms with Crippen LogP contribution >= 0.6 is 11.8 Å². The Bertz CT molecular complexity index is 393. The summed E-state index contributed by atoms with van der Waals surface area (Å²) in [5.74, 6) is 2.66. The second-order valence-electron chi connectivity index (χ2n) is 5.36. The number of pyridine rings is 1. The van der Waals surface area contributed by atoms with Crippen LogP contribution in [-0.4, -0.2) is 37.1 Å². The van der Waals surface area contributed by atoms with Crippen molar-refractivity contribution in [1.82, 2.24) is 10.3 Å². The summed E-state index contributed by atoms with van der Waals surface area (Å²) < 4.78 is 0. The van der Waals surface area contributed by atoms with Crippen LogP contribution in [0.15, 0.2) is 12.1 Å². The van der Waals surface area contributed by atoms with E-state index in [1.165, 1.54) is 11.3 Å². The maximum atomic E-state index is 4.81. The predicted octanol–water partition coefficient (Wildman–Crippen LogP) is 3.11. The number of hydrogen-bond acceptors (Lipinski definition) is 4. The summed E-state index contributed by atoms with van der Waals surface area (Å²) in [5, 5.41) is 3.22. The molecule has 0 aliphatic rings. The van der Waals surface area contributed by atoms with Gasteiger partial charge in [-0.1, -0.05) is 13.8 Å². The van der Waals surface area contributed by atoms with Gasteiger partial charge >= 0.3 is 0 Å². The predicted molar refractivity (Wildman–Crippen MR) is 87.3 cm³/mol. The maximum Gasteiger partial charge on any atom is 0.129 e. The standard InChI is InChI=1S/C15H27N3S/c1-11(2)14-7-13(9-16-4)8-15(17-14)18(5)12(3)10-19-6/h7-8,11-12,16H,9-10H2,1-6H3. The molecule has 0 saturated heterocycles. The van der Waals surface area contributed by atoms with Gasteiger partial charge in [0.05, 0.1) is 0 Å². The molecule has 1 aromatic heterocycles. The van der Waals surface area contributed by atoms with Gasteiger partial charge in [0.15, 0.2) is 0 Å². The molecular weight excluding hydrogens is 254 g/mol. The van der Waals surface area contributed by atoms with E-state index in [1.807, 2.05) is 18.8 Å². The zero-order valence-electron chi connectivity index (χ0n) is 13.0. The van der Waals surface area contributed by atoms with Crippen molar-refractivity contribution in [3.63, 3.8) is 0 Å². The second kappa shape index (κ2) is 7.75. The number of thioether (sulfide) groups is 1. The van der Waals surface area contributed by atoms with E-state index >= 15 is 0 Å². The summed E-state index contributed by atoms with van der Waals surface area (Å²) in [4.78, 5) is 7.09. The summed E-state index contributed by atoms with van der Waals surface area (Å²) in [5.41, 5.74) is 2.48. The summed E-state index contributed by atoms with van der Waals surface area (Å²) in [7, 11) is 4.12. The number of anilines is 1. The Labute approximate surface area is 122 Å². The molecule has 1 unspecified atom stereocenters. The van der Waals surface area contributed by atoms with Crippen molar-refractivity contribution in [2.24, 2.45) is 0 Å². The molecule has 0 amide bonds. The van der Waals surface area contributed by atoms with E-state index in [0.29, 0.717) is 12.0 Å². The van der Waals surface area contributed by atoms with Gasteiger partial charge in [-0.15, -0.1) is 0 Å². The van der Waals surface area contributed by atoms with Crippen molar-refractivity contribution in [3.8, 4) is 0 Å². The lowest BCUT2D eigenvalue weighted by molar-refractivity contribution is 0.733. The SMILES string of the molecule is CNCc1cc(C(C)C)nc(N(C)C(C)CSC)c1. The van der Waals surface area contributed by atoms with E-state index < -0.39 is 0 Å². The number of nitrogens with one attached hydrogen (secondary N) is 1. The molecule has 0 spiro atoms. The zero-order valence-corrected chi connectivity index (χ0v) is 13.8. The van der Waals surface area contributed by atoms with E-state index in [2.05, 4.69) is 56.4 Å². The van der Waals surface area contributed by atoms with E-state index in [0.717, 1.165) is 18.1 Å². The molecule has 1 aromatic rings. The fourth-order valence-electron chi connectivity index (χ4n) is 1.96. The Morgan fingerprint density at radius 3 is 2.53 bits per heavy atom. The molecule has 0 bridgehead atoms. The highest BCUT2D eigenvalue weighted by atomic mass is 32.2. The van der Waals surface area contributed by atoms with Crippen LogP contribution in [0.5, 0.6) is 0 Å². The minimum Gasteiger partial charge on any atom is -0.356 e. The average molecular weight is 281 g/mol. The van der Waals surface area contributed by atoms with Gasteiger partial charge in [0, 0.05) is 31.1 Å². The van der Waals surface area contributed by atoms with Crippen LogP contribution in [-0.2, 0) is 6.54 Å². The molecule has 0 fully saturated rings. The smallest absolute Gasteiger partial charge is 0.129 e. The fraction of sp³-hybridized carbons (Fsp3) is 0.667. The van der Waals surface area contributed by atoms with E-state index in [4.69, 9.17) is 4.98 Å². The van der Waals surface area contributed by atoms with Gasteiger partial charge in [0.1, 0.15) is 5.82 Å². The first-order valence-electron chi connectivity index (χ1n) is 6.86. The van der Waals surface area contributed by atoms with Crippen LogP contribution < -0.4 is 10.2 Å².